The second kappa shape index (κ2) is 8.48. The van der Waals surface area contributed by atoms with Gasteiger partial charge in [0, 0.05) is 25.8 Å². The molecule has 5 nitrogen and oxygen atoms in total. The van der Waals surface area contributed by atoms with Crippen LogP contribution in [-0.4, -0.2) is 42.5 Å². The largest absolute Gasteiger partial charge is 0.370 e. The number of carbonyl (C=O) groups excluding carboxylic acids is 1. The molecule has 2 N–H and O–H groups in total. The minimum atomic E-state index is 0.0744. The van der Waals surface area contributed by atoms with Gasteiger partial charge >= 0.3 is 0 Å². The lowest BCUT2D eigenvalue weighted by Gasteiger charge is -2.16. The average Bonchev–Trinajstić information content (AvgIpc) is 2.37. The molecule has 1 heterocycles. The Morgan fingerprint density at radius 3 is 2.89 bits per heavy atom. The summed E-state index contributed by atoms with van der Waals surface area (Å²) in [6.07, 6.45) is 2.75. The quantitative estimate of drug-likeness (QED) is 0.746. The molecule has 0 radical (unpaired) electrons. The van der Waals surface area contributed by atoms with Gasteiger partial charge in [0.2, 0.25) is 5.91 Å². The van der Waals surface area contributed by atoms with Crippen LogP contribution in [0.1, 0.15) is 25.8 Å². The molecule has 0 atom stereocenters. The maximum atomic E-state index is 11.6. The molecular formula is C14H24N4O. The van der Waals surface area contributed by atoms with Crippen molar-refractivity contribution in [3.05, 3.63) is 23.9 Å². The number of pyridine rings is 1. The molecule has 1 aromatic rings. The van der Waals surface area contributed by atoms with Crippen molar-refractivity contribution >= 4 is 11.7 Å². The molecule has 0 spiro atoms. The maximum absolute atomic E-state index is 11.6. The van der Waals surface area contributed by atoms with E-state index in [1.165, 1.54) is 0 Å². The molecule has 5 heteroatoms. The minimum absolute atomic E-state index is 0.0744. The smallest absolute Gasteiger partial charge is 0.234 e. The summed E-state index contributed by atoms with van der Waals surface area (Å²) in [5.41, 5.74) is 1.15. The summed E-state index contributed by atoms with van der Waals surface area (Å²) < 4.78 is 0. The van der Waals surface area contributed by atoms with Gasteiger partial charge in [-0.25, -0.2) is 4.98 Å². The molecule has 0 aliphatic heterocycles. The molecular weight excluding hydrogens is 240 g/mol. The van der Waals surface area contributed by atoms with E-state index in [2.05, 4.69) is 15.6 Å². The molecule has 1 rings (SSSR count). The number of amides is 1. The Kier molecular flexibility index (Phi) is 6.89. The molecule has 19 heavy (non-hydrogen) atoms. The van der Waals surface area contributed by atoms with Crippen molar-refractivity contribution in [3.63, 3.8) is 0 Å². The molecule has 0 fully saturated rings. The normalized spacial score (nSPS) is 10.5. The average molecular weight is 264 g/mol. The fraction of sp³-hybridized carbons (Fsp3) is 0.571. The van der Waals surface area contributed by atoms with Crippen LogP contribution in [0.2, 0.25) is 0 Å². The first-order valence-electron chi connectivity index (χ1n) is 6.79. The Morgan fingerprint density at radius 1 is 1.42 bits per heavy atom. The minimum Gasteiger partial charge on any atom is -0.370 e. The lowest BCUT2D eigenvalue weighted by molar-refractivity contribution is -0.122. The molecule has 0 saturated carbocycles. The lowest BCUT2D eigenvalue weighted by atomic mass is 10.2. The van der Waals surface area contributed by atoms with Crippen molar-refractivity contribution in [1.29, 1.82) is 0 Å². The Bertz CT molecular complexity index is 395. The van der Waals surface area contributed by atoms with E-state index < -0.39 is 0 Å². The highest BCUT2D eigenvalue weighted by Gasteiger charge is 2.06. The van der Waals surface area contributed by atoms with Crippen LogP contribution < -0.4 is 10.6 Å². The summed E-state index contributed by atoms with van der Waals surface area (Å²) in [4.78, 5) is 17.8. The second-order valence-corrected chi connectivity index (χ2v) is 4.60. The van der Waals surface area contributed by atoms with Crippen LogP contribution in [0, 0.1) is 0 Å². The van der Waals surface area contributed by atoms with E-state index >= 15 is 0 Å². The first-order chi connectivity index (χ1) is 9.15. The van der Waals surface area contributed by atoms with Gasteiger partial charge in [-0.1, -0.05) is 6.92 Å². The number of aromatic nitrogens is 1. The molecule has 0 aromatic carbocycles. The van der Waals surface area contributed by atoms with E-state index in [4.69, 9.17) is 0 Å². The van der Waals surface area contributed by atoms with Gasteiger partial charge in [0.15, 0.2) is 0 Å². The van der Waals surface area contributed by atoms with Crippen LogP contribution in [0.25, 0.3) is 0 Å². The number of hydrogen-bond donors (Lipinski definition) is 2. The van der Waals surface area contributed by atoms with Gasteiger partial charge in [-0.3, -0.25) is 9.69 Å². The zero-order valence-electron chi connectivity index (χ0n) is 12.1. The standard InChI is InChI=1S/C14H24N4O/c1-4-7-17-14(19)11-18(3)10-12-6-8-16-13(9-12)15-5-2/h6,8-9H,4-5,7,10-11H2,1-3H3,(H,15,16)(H,17,19). The van der Waals surface area contributed by atoms with Crippen molar-refractivity contribution in [1.82, 2.24) is 15.2 Å². The van der Waals surface area contributed by atoms with Crippen LogP contribution in [0.15, 0.2) is 18.3 Å². The Labute approximate surface area is 115 Å². The fourth-order valence-electron chi connectivity index (χ4n) is 1.78. The maximum Gasteiger partial charge on any atom is 0.234 e. The van der Waals surface area contributed by atoms with Crippen LogP contribution in [0.4, 0.5) is 5.82 Å². The Morgan fingerprint density at radius 2 is 2.21 bits per heavy atom. The number of rotatable bonds is 8. The summed E-state index contributed by atoms with van der Waals surface area (Å²) in [6, 6.07) is 3.99. The highest BCUT2D eigenvalue weighted by molar-refractivity contribution is 5.77. The molecule has 1 amide bonds. The van der Waals surface area contributed by atoms with E-state index in [1.54, 1.807) is 6.20 Å². The molecule has 1 aromatic heterocycles. The zero-order chi connectivity index (χ0) is 14.1. The number of carbonyl (C=O) groups is 1. The van der Waals surface area contributed by atoms with Gasteiger partial charge in [0.25, 0.3) is 0 Å². The predicted molar refractivity (Wildman–Crippen MR) is 78.0 cm³/mol. The van der Waals surface area contributed by atoms with Crippen LogP contribution in [0.5, 0.6) is 0 Å². The SMILES string of the molecule is CCCNC(=O)CN(C)Cc1ccnc(NCC)c1. The summed E-state index contributed by atoms with van der Waals surface area (Å²) in [6.45, 7) is 6.83. The van der Waals surface area contributed by atoms with Crippen molar-refractivity contribution in [2.45, 2.75) is 26.8 Å². The third kappa shape index (κ3) is 6.20. The molecule has 0 aliphatic carbocycles. The number of likely N-dealkylation sites (N-methyl/N-ethyl adjacent to an activating group) is 1. The van der Waals surface area contributed by atoms with Crippen LogP contribution >= 0.6 is 0 Å². The number of nitrogens with one attached hydrogen (secondary N) is 2. The zero-order valence-corrected chi connectivity index (χ0v) is 12.1. The third-order valence-electron chi connectivity index (χ3n) is 2.62. The summed E-state index contributed by atoms with van der Waals surface area (Å²) in [5.74, 6) is 0.953. The first kappa shape index (κ1) is 15.4. The van der Waals surface area contributed by atoms with Gasteiger partial charge in [0.05, 0.1) is 6.54 Å². The summed E-state index contributed by atoms with van der Waals surface area (Å²) >= 11 is 0. The van der Waals surface area contributed by atoms with Gasteiger partial charge in [-0.15, -0.1) is 0 Å². The predicted octanol–water partition coefficient (Wildman–Crippen LogP) is 1.47. The molecule has 0 unspecified atom stereocenters. The monoisotopic (exact) mass is 264 g/mol. The van der Waals surface area contributed by atoms with Crippen LogP contribution in [-0.2, 0) is 11.3 Å². The molecule has 0 saturated heterocycles. The van der Waals surface area contributed by atoms with E-state index in [-0.39, 0.29) is 5.91 Å². The summed E-state index contributed by atoms with van der Waals surface area (Å²) in [7, 11) is 1.94. The number of anilines is 1. The highest BCUT2D eigenvalue weighted by atomic mass is 16.2. The van der Waals surface area contributed by atoms with Crippen molar-refractivity contribution in [2.24, 2.45) is 0 Å². The van der Waals surface area contributed by atoms with Gasteiger partial charge < -0.3 is 10.6 Å². The van der Waals surface area contributed by atoms with Crippen molar-refractivity contribution < 1.29 is 4.79 Å². The first-order valence-corrected chi connectivity index (χ1v) is 6.79. The highest BCUT2D eigenvalue weighted by Crippen LogP contribution is 2.08. The fourth-order valence-corrected chi connectivity index (χ4v) is 1.78. The Balaban J connectivity index is 2.45. The third-order valence-corrected chi connectivity index (χ3v) is 2.62. The number of hydrogen-bond acceptors (Lipinski definition) is 4. The van der Waals surface area contributed by atoms with E-state index in [0.29, 0.717) is 6.54 Å². The van der Waals surface area contributed by atoms with Crippen LogP contribution in [0.3, 0.4) is 0 Å². The summed E-state index contributed by atoms with van der Waals surface area (Å²) in [5, 5.41) is 6.06. The topological polar surface area (TPSA) is 57.3 Å². The molecule has 0 aliphatic rings. The molecule has 106 valence electrons. The molecule has 0 bridgehead atoms. The van der Waals surface area contributed by atoms with Crippen molar-refractivity contribution in [2.75, 3.05) is 32.0 Å². The van der Waals surface area contributed by atoms with Gasteiger partial charge in [-0.05, 0) is 38.1 Å². The number of nitrogens with zero attached hydrogens (tertiary/aromatic N) is 2. The lowest BCUT2D eigenvalue weighted by Crippen LogP contribution is -2.35. The van der Waals surface area contributed by atoms with E-state index in [9.17, 15) is 4.79 Å². The van der Waals surface area contributed by atoms with Crippen molar-refractivity contribution in [3.8, 4) is 0 Å². The second-order valence-electron chi connectivity index (χ2n) is 4.60. The van der Waals surface area contributed by atoms with Gasteiger partial charge in [-0.2, -0.15) is 0 Å². The Hall–Kier alpha value is -1.62. The van der Waals surface area contributed by atoms with Gasteiger partial charge in [0.1, 0.15) is 5.82 Å². The van der Waals surface area contributed by atoms with E-state index in [0.717, 1.165) is 37.4 Å². The van der Waals surface area contributed by atoms with E-state index in [1.807, 2.05) is 37.9 Å².